The largest absolute Gasteiger partial charge is 0.497 e. The van der Waals surface area contributed by atoms with Gasteiger partial charge in [0.25, 0.3) is 0 Å². The topological polar surface area (TPSA) is 69.3 Å². The SMILES string of the molecule is COc1ccc(NC(=O)CN2CCC[C@@H]2c2ccc(OC)cc2OC)c(OC)c1. The highest BCUT2D eigenvalue weighted by Crippen LogP contribution is 2.38. The quantitative estimate of drug-likeness (QED) is 0.732. The van der Waals surface area contributed by atoms with Gasteiger partial charge in [-0.25, -0.2) is 0 Å². The highest BCUT2D eigenvalue weighted by atomic mass is 16.5. The van der Waals surface area contributed by atoms with Gasteiger partial charge in [0, 0.05) is 23.7 Å². The molecule has 2 aromatic carbocycles. The first-order chi connectivity index (χ1) is 14.1. The Hall–Kier alpha value is -2.93. The lowest BCUT2D eigenvalue weighted by Crippen LogP contribution is -2.33. The lowest BCUT2D eigenvalue weighted by Gasteiger charge is -2.26. The van der Waals surface area contributed by atoms with E-state index in [0.29, 0.717) is 17.2 Å². The maximum absolute atomic E-state index is 12.7. The summed E-state index contributed by atoms with van der Waals surface area (Å²) in [6.45, 7) is 1.14. The second kappa shape index (κ2) is 9.52. The van der Waals surface area contributed by atoms with Gasteiger partial charge in [-0.3, -0.25) is 9.69 Å². The number of hydrogen-bond acceptors (Lipinski definition) is 6. The number of methoxy groups -OCH3 is 4. The maximum Gasteiger partial charge on any atom is 0.238 e. The van der Waals surface area contributed by atoms with Crippen LogP contribution in [0.2, 0.25) is 0 Å². The van der Waals surface area contributed by atoms with Crippen LogP contribution in [0, 0.1) is 0 Å². The molecule has 7 nitrogen and oxygen atoms in total. The number of anilines is 1. The van der Waals surface area contributed by atoms with Crippen LogP contribution in [0.4, 0.5) is 5.69 Å². The molecule has 1 heterocycles. The monoisotopic (exact) mass is 400 g/mol. The van der Waals surface area contributed by atoms with Gasteiger partial charge in [0.1, 0.15) is 23.0 Å². The molecule has 1 aliphatic rings. The Morgan fingerprint density at radius 3 is 2.28 bits per heavy atom. The van der Waals surface area contributed by atoms with E-state index in [1.165, 1.54) is 0 Å². The number of amides is 1. The van der Waals surface area contributed by atoms with Crippen molar-refractivity contribution in [3.05, 3.63) is 42.0 Å². The van der Waals surface area contributed by atoms with Gasteiger partial charge in [0.2, 0.25) is 5.91 Å². The van der Waals surface area contributed by atoms with E-state index in [2.05, 4.69) is 10.2 Å². The summed E-state index contributed by atoms with van der Waals surface area (Å²) in [5.74, 6) is 2.67. The first kappa shape index (κ1) is 20.8. The summed E-state index contributed by atoms with van der Waals surface area (Å²) in [7, 11) is 6.44. The predicted octanol–water partition coefficient (Wildman–Crippen LogP) is 3.50. The van der Waals surface area contributed by atoms with Gasteiger partial charge in [-0.2, -0.15) is 0 Å². The van der Waals surface area contributed by atoms with E-state index < -0.39 is 0 Å². The Bertz CT molecular complexity index is 855. The first-order valence-corrected chi connectivity index (χ1v) is 9.57. The zero-order chi connectivity index (χ0) is 20.8. The molecule has 1 fully saturated rings. The van der Waals surface area contributed by atoms with E-state index in [0.717, 1.165) is 36.4 Å². The molecule has 1 atom stereocenters. The molecule has 2 aromatic rings. The summed E-state index contributed by atoms with van der Waals surface area (Å²) in [6, 6.07) is 11.3. The number of hydrogen-bond donors (Lipinski definition) is 1. The average molecular weight is 400 g/mol. The third-order valence-corrected chi connectivity index (χ3v) is 5.19. The van der Waals surface area contributed by atoms with E-state index in [1.54, 1.807) is 46.6 Å². The fourth-order valence-corrected chi connectivity index (χ4v) is 3.74. The Kier molecular flexibility index (Phi) is 6.82. The van der Waals surface area contributed by atoms with Crippen LogP contribution in [0.1, 0.15) is 24.4 Å². The minimum atomic E-state index is -0.0900. The van der Waals surface area contributed by atoms with Crippen molar-refractivity contribution >= 4 is 11.6 Å². The molecule has 3 rings (SSSR count). The van der Waals surface area contributed by atoms with Crippen LogP contribution in [0.5, 0.6) is 23.0 Å². The first-order valence-electron chi connectivity index (χ1n) is 9.57. The van der Waals surface area contributed by atoms with Gasteiger partial charge in [-0.15, -0.1) is 0 Å². The number of nitrogens with one attached hydrogen (secondary N) is 1. The van der Waals surface area contributed by atoms with E-state index in [4.69, 9.17) is 18.9 Å². The van der Waals surface area contributed by atoms with E-state index in [1.807, 2.05) is 18.2 Å². The van der Waals surface area contributed by atoms with Crippen LogP contribution in [0.15, 0.2) is 36.4 Å². The van der Waals surface area contributed by atoms with Crippen molar-refractivity contribution in [1.82, 2.24) is 4.90 Å². The summed E-state index contributed by atoms with van der Waals surface area (Å²) in [5, 5.41) is 2.95. The molecule has 156 valence electrons. The van der Waals surface area contributed by atoms with Crippen LogP contribution in [-0.4, -0.2) is 52.3 Å². The summed E-state index contributed by atoms with van der Waals surface area (Å²) >= 11 is 0. The van der Waals surface area contributed by atoms with Crippen LogP contribution in [0.3, 0.4) is 0 Å². The molecule has 0 aromatic heterocycles. The average Bonchev–Trinajstić information content (AvgIpc) is 3.20. The summed E-state index contributed by atoms with van der Waals surface area (Å²) < 4.78 is 21.4. The number of likely N-dealkylation sites (tertiary alicyclic amines) is 1. The van der Waals surface area contributed by atoms with Crippen LogP contribution in [0.25, 0.3) is 0 Å². The molecule has 0 unspecified atom stereocenters. The zero-order valence-corrected chi connectivity index (χ0v) is 17.4. The van der Waals surface area contributed by atoms with Crippen molar-refractivity contribution in [2.45, 2.75) is 18.9 Å². The second-order valence-corrected chi connectivity index (χ2v) is 6.85. The van der Waals surface area contributed by atoms with Crippen molar-refractivity contribution < 1.29 is 23.7 Å². The zero-order valence-electron chi connectivity index (χ0n) is 17.4. The number of ether oxygens (including phenoxy) is 4. The molecule has 0 radical (unpaired) electrons. The fraction of sp³-hybridized carbons (Fsp3) is 0.409. The highest BCUT2D eigenvalue weighted by molar-refractivity contribution is 5.93. The Morgan fingerprint density at radius 1 is 0.966 bits per heavy atom. The van der Waals surface area contributed by atoms with Crippen molar-refractivity contribution in [3.63, 3.8) is 0 Å². The van der Waals surface area contributed by atoms with E-state index >= 15 is 0 Å². The second-order valence-electron chi connectivity index (χ2n) is 6.85. The van der Waals surface area contributed by atoms with Gasteiger partial charge in [-0.1, -0.05) is 6.07 Å². The molecule has 1 amide bonds. The molecule has 1 aliphatic heterocycles. The molecule has 0 spiro atoms. The summed E-state index contributed by atoms with van der Waals surface area (Å²) in [6.07, 6.45) is 2.00. The Morgan fingerprint density at radius 2 is 1.62 bits per heavy atom. The number of carbonyl (C=O) groups excluding carboxylic acids is 1. The van der Waals surface area contributed by atoms with Gasteiger partial charge in [-0.05, 0) is 37.6 Å². The van der Waals surface area contributed by atoms with Gasteiger partial charge in [0.05, 0.1) is 40.7 Å². The maximum atomic E-state index is 12.7. The fourth-order valence-electron chi connectivity index (χ4n) is 3.74. The molecule has 0 bridgehead atoms. The van der Waals surface area contributed by atoms with Gasteiger partial charge >= 0.3 is 0 Å². The van der Waals surface area contributed by atoms with E-state index in [-0.39, 0.29) is 18.5 Å². The predicted molar refractivity (Wildman–Crippen MR) is 111 cm³/mol. The molecular weight excluding hydrogens is 372 g/mol. The number of nitrogens with zero attached hydrogens (tertiary/aromatic N) is 1. The van der Waals surface area contributed by atoms with Crippen molar-refractivity contribution in [1.29, 1.82) is 0 Å². The summed E-state index contributed by atoms with van der Waals surface area (Å²) in [4.78, 5) is 14.9. The molecule has 1 N–H and O–H groups in total. The molecular formula is C22H28N2O5. The minimum absolute atomic E-state index is 0.0900. The van der Waals surface area contributed by atoms with Crippen molar-refractivity contribution in [2.24, 2.45) is 0 Å². The molecule has 0 aliphatic carbocycles. The molecule has 7 heteroatoms. The molecule has 29 heavy (non-hydrogen) atoms. The normalized spacial score (nSPS) is 16.3. The van der Waals surface area contributed by atoms with Crippen molar-refractivity contribution in [2.75, 3.05) is 46.8 Å². The molecule has 0 saturated carbocycles. The summed E-state index contributed by atoms with van der Waals surface area (Å²) in [5.41, 5.74) is 1.69. The highest BCUT2D eigenvalue weighted by Gasteiger charge is 2.30. The van der Waals surface area contributed by atoms with E-state index in [9.17, 15) is 4.79 Å². The number of benzene rings is 2. The van der Waals surface area contributed by atoms with Crippen LogP contribution < -0.4 is 24.3 Å². The van der Waals surface area contributed by atoms with Crippen LogP contribution >= 0.6 is 0 Å². The minimum Gasteiger partial charge on any atom is -0.497 e. The Balaban J connectivity index is 1.72. The lowest BCUT2D eigenvalue weighted by molar-refractivity contribution is -0.117. The Labute approximate surface area is 171 Å². The number of rotatable bonds is 8. The number of carbonyl (C=O) groups is 1. The van der Waals surface area contributed by atoms with Gasteiger partial charge in [0.15, 0.2) is 0 Å². The molecule has 1 saturated heterocycles. The third kappa shape index (κ3) is 4.74. The van der Waals surface area contributed by atoms with Gasteiger partial charge < -0.3 is 24.3 Å². The smallest absolute Gasteiger partial charge is 0.238 e. The third-order valence-electron chi connectivity index (χ3n) is 5.19. The van der Waals surface area contributed by atoms with Crippen molar-refractivity contribution in [3.8, 4) is 23.0 Å². The standard InChI is InChI=1S/C22H28N2O5/c1-26-15-7-9-17(20(12-15)28-3)19-6-5-11-24(19)14-22(25)23-18-10-8-16(27-2)13-21(18)29-4/h7-10,12-13,19H,5-6,11,14H2,1-4H3,(H,23,25)/t19-/m1/s1. The lowest BCUT2D eigenvalue weighted by atomic mass is 10.0. The van der Waals surface area contributed by atoms with Crippen LogP contribution in [-0.2, 0) is 4.79 Å².